The first kappa shape index (κ1) is 18.2. The van der Waals surface area contributed by atoms with Crippen molar-refractivity contribution in [2.75, 3.05) is 17.7 Å². The molecule has 0 saturated heterocycles. The lowest BCUT2D eigenvalue weighted by atomic mass is 10.2. The van der Waals surface area contributed by atoms with Crippen molar-refractivity contribution in [1.29, 1.82) is 0 Å². The highest BCUT2D eigenvalue weighted by Crippen LogP contribution is 2.22. The van der Waals surface area contributed by atoms with Gasteiger partial charge >= 0.3 is 0 Å². The van der Waals surface area contributed by atoms with Gasteiger partial charge in [0.25, 0.3) is 5.91 Å². The maximum absolute atomic E-state index is 13.7. The van der Waals surface area contributed by atoms with Gasteiger partial charge in [0, 0.05) is 5.56 Å². The minimum Gasteiger partial charge on any atom is -0.497 e. The van der Waals surface area contributed by atoms with Crippen LogP contribution in [0.3, 0.4) is 0 Å². The van der Waals surface area contributed by atoms with Gasteiger partial charge in [-0.25, -0.2) is 13.2 Å². The minimum atomic E-state index is -1.59. The van der Waals surface area contributed by atoms with E-state index in [1.165, 1.54) is 19.2 Å². The van der Waals surface area contributed by atoms with Crippen LogP contribution in [0.2, 0.25) is 0 Å². The second-order valence-corrected chi connectivity index (χ2v) is 5.34. The number of nitrogens with one attached hydrogen (secondary N) is 2. The molecule has 0 fully saturated rings. The summed E-state index contributed by atoms with van der Waals surface area (Å²) >= 11 is 0. The van der Waals surface area contributed by atoms with E-state index in [4.69, 9.17) is 4.74 Å². The molecule has 1 aromatic heterocycles. The number of carbonyl (C=O) groups excluding carboxylic acids is 1. The molecule has 0 atom stereocenters. The van der Waals surface area contributed by atoms with Gasteiger partial charge in [-0.05, 0) is 42.5 Å². The van der Waals surface area contributed by atoms with Crippen molar-refractivity contribution in [3.63, 3.8) is 0 Å². The molecule has 1 amide bonds. The summed E-state index contributed by atoms with van der Waals surface area (Å²) in [6.07, 6.45) is 0. The van der Waals surface area contributed by atoms with Gasteiger partial charge in [-0.3, -0.25) is 4.79 Å². The summed E-state index contributed by atoms with van der Waals surface area (Å²) < 4.78 is 44.9. The van der Waals surface area contributed by atoms with Gasteiger partial charge in [-0.2, -0.15) is 0 Å². The number of nitrogens with zero attached hydrogens (tertiary/aromatic N) is 2. The third kappa shape index (κ3) is 4.14. The van der Waals surface area contributed by atoms with E-state index in [2.05, 4.69) is 20.8 Å². The molecule has 0 unspecified atom stereocenters. The number of rotatable bonds is 5. The Hall–Kier alpha value is -3.62. The van der Waals surface area contributed by atoms with Gasteiger partial charge < -0.3 is 15.4 Å². The summed E-state index contributed by atoms with van der Waals surface area (Å²) in [4.78, 5) is 12.2. The second-order valence-electron chi connectivity index (χ2n) is 5.34. The van der Waals surface area contributed by atoms with Crippen LogP contribution >= 0.6 is 0 Å². The Morgan fingerprint density at radius 3 is 2.41 bits per heavy atom. The molecule has 9 heteroatoms. The fourth-order valence-corrected chi connectivity index (χ4v) is 2.18. The number of ether oxygens (including phenoxy) is 1. The molecular weight excluding hydrogens is 361 g/mol. The second kappa shape index (κ2) is 7.73. The van der Waals surface area contributed by atoms with Crippen molar-refractivity contribution in [3.05, 3.63) is 71.5 Å². The standard InChI is InChI=1S/C18H13F3N4O2/c1-27-11-4-2-3-10(9-11)18(26)23-15-8-7-14(24-25-15)22-13-6-5-12(19)16(20)17(13)21/h2-9H,1H3,(H,22,24)(H,23,25,26). The largest absolute Gasteiger partial charge is 0.497 e. The highest BCUT2D eigenvalue weighted by Gasteiger charge is 2.14. The first-order valence-electron chi connectivity index (χ1n) is 7.67. The van der Waals surface area contributed by atoms with Crippen LogP contribution in [-0.2, 0) is 0 Å². The van der Waals surface area contributed by atoms with E-state index < -0.39 is 23.4 Å². The van der Waals surface area contributed by atoms with Crippen LogP contribution in [0.25, 0.3) is 0 Å². The predicted molar refractivity (Wildman–Crippen MR) is 92.6 cm³/mol. The van der Waals surface area contributed by atoms with Crippen LogP contribution < -0.4 is 15.4 Å². The normalized spacial score (nSPS) is 10.4. The van der Waals surface area contributed by atoms with Crippen molar-refractivity contribution in [2.24, 2.45) is 0 Å². The SMILES string of the molecule is COc1cccc(C(=O)Nc2ccc(Nc3ccc(F)c(F)c3F)nn2)c1. The predicted octanol–water partition coefficient (Wildman–Crippen LogP) is 3.90. The van der Waals surface area contributed by atoms with Gasteiger partial charge in [0.15, 0.2) is 29.1 Å². The first-order valence-corrected chi connectivity index (χ1v) is 7.67. The molecule has 27 heavy (non-hydrogen) atoms. The molecule has 0 aliphatic rings. The molecule has 3 rings (SSSR count). The molecule has 1 heterocycles. The van der Waals surface area contributed by atoms with Crippen LogP contribution in [0, 0.1) is 17.5 Å². The summed E-state index contributed by atoms with van der Waals surface area (Å²) in [6, 6.07) is 11.2. The number of methoxy groups -OCH3 is 1. The van der Waals surface area contributed by atoms with Gasteiger partial charge in [0.05, 0.1) is 12.8 Å². The number of hydrogen-bond donors (Lipinski definition) is 2. The highest BCUT2D eigenvalue weighted by molar-refractivity contribution is 6.03. The van der Waals surface area contributed by atoms with Crippen molar-refractivity contribution in [1.82, 2.24) is 10.2 Å². The summed E-state index contributed by atoms with van der Waals surface area (Å²) in [7, 11) is 1.49. The number of aromatic nitrogens is 2. The Balaban J connectivity index is 1.70. The molecule has 0 spiro atoms. The molecule has 0 aliphatic heterocycles. The molecule has 0 radical (unpaired) electrons. The number of anilines is 3. The molecule has 138 valence electrons. The third-order valence-electron chi connectivity index (χ3n) is 3.54. The van der Waals surface area contributed by atoms with Gasteiger partial charge in [0.2, 0.25) is 0 Å². The molecule has 2 aromatic carbocycles. The van der Waals surface area contributed by atoms with Gasteiger partial charge in [-0.1, -0.05) is 6.07 Å². The Kier molecular flexibility index (Phi) is 5.20. The van der Waals surface area contributed by atoms with Gasteiger partial charge in [-0.15, -0.1) is 10.2 Å². The van der Waals surface area contributed by atoms with E-state index in [0.717, 1.165) is 12.1 Å². The fraction of sp³-hybridized carbons (Fsp3) is 0.0556. The minimum absolute atomic E-state index is 0.0827. The molecule has 0 saturated carbocycles. The smallest absolute Gasteiger partial charge is 0.256 e. The number of amides is 1. The van der Waals surface area contributed by atoms with Crippen LogP contribution in [0.5, 0.6) is 5.75 Å². The summed E-state index contributed by atoms with van der Waals surface area (Å²) in [5.74, 6) is -3.90. The molecule has 3 aromatic rings. The summed E-state index contributed by atoms with van der Waals surface area (Å²) in [6.45, 7) is 0. The van der Waals surface area contributed by atoms with E-state index >= 15 is 0 Å². The Bertz CT molecular complexity index is 981. The van der Waals surface area contributed by atoms with E-state index in [0.29, 0.717) is 11.3 Å². The van der Waals surface area contributed by atoms with Crippen LogP contribution in [0.15, 0.2) is 48.5 Å². The lowest BCUT2D eigenvalue weighted by molar-refractivity contribution is 0.102. The molecule has 2 N–H and O–H groups in total. The van der Waals surface area contributed by atoms with Crippen LogP contribution in [0.1, 0.15) is 10.4 Å². The van der Waals surface area contributed by atoms with Crippen molar-refractivity contribution >= 4 is 23.2 Å². The topological polar surface area (TPSA) is 76.1 Å². The molecule has 0 aliphatic carbocycles. The quantitative estimate of drug-likeness (QED) is 0.663. The Morgan fingerprint density at radius 2 is 1.70 bits per heavy atom. The Labute approximate surface area is 152 Å². The Morgan fingerprint density at radius 1 is 0.963 bits per heavy atom. The number of halogens is 3. The zero-order valence-electron chi connectivity index (χ0n) is 14.0. The number of benzene rings is 2. The molecule has 6 nitrogen and oxygen atoms in total. The van der Waals surface area contributed by atoms with Crippen molar-refractivity contribution < 1.29 is 22.7 Å². The summed E-state index contributed by atoms with van der Waals surface area (Å²) in [5, 5.41) is 12.6. The monoisotopic (exact) mass is 374 g/mol. The molecule has 0 bridgehead atoms. The fourth-order valence-electron chi connectivity index (χ4n) is 2.18. The lowest BCUT2D eigenvalue weighted by Crippen LogP contribution is -2.13. The first-order chi connectivity index (χ1) is 13.0. The van der Waals surface area contributed by atoms with E-state index in [1.807, 2.05) is 0 Å². The van der Waals surface area contributed by atoms with Crippen molar-refractivity contribution in [2.45, 2.75) is 0 Å². The van der Waals surface area contributed by atoms with Crippen molar-refractivity contribution in [3.8, 4) is 5.75 Å². The van der Waals surface area contributed by atoms with Gasteiger partial charge in [0.1, 0.15) is 5.75 Å². The zero-order valence-corrected chi connectivity index (χ0v) is 14.0. The lowest BCUT2D eigenvalue weighted by Gasteiger charge is -2.08. The highest BCUT2D eigenvalue weighted by atomic mass is 19.2. The average Bonchev–Trinajstić information content (AvgIpc) is 2.70. The number of carbonyl (C=O) groups is 1. The zero-order chi connectivity index (χ0) is 19.4. The summed E-state index contributed by atoms with van der Waals surface area (Å²) in [5.41, 5.74) is 0.0681. The van der Waals surface area contributed by atoms with E-state index in [1.54, 1.807) is 24.3 Å². The van der Waals surface area contributed by atoms with Crippen LogP contribution in [-0.4, -0.2) is 23.2 Å². The maximum Gasteiger partial charge on any atom is 0.256 e. The third-order valence-corrected chi connectivity index (χ3v) is 3.54. The van der Waals surface area contributed by atoms with Crippen LogP contribution in [0.4, 0.5) is 30.5 Å². The number of hydrogen-bond acceptors (Lipinski definition) is 5. The average molecular weight is 374 g/mol. The van der Waals surface area contributed by atoms with E-state index in [-0.39, 0.29) is 17.3 Å². The van der Waals surface area contributed by atoms with E-state index in [9.17, 15) is 18.0 Å². The maximum atomic E-state index is 13.7. The molecular formula is C18H13F3N4O2.